The van der Waals surface area contributed by atoms with E-state index < -0.39 is 0 Å². The molecule has 4 heteroatoms. The molecule has 104 valence electrons. The van der Waals surface area contributed by atoms with Crippen LogP contribution in [0.25, 0.3) is 10.8 Å². The van der Waals surface area contributed by atoms with Crippen LogP contribution in [0.2, 0.25) is 0 Å². The molecule has 3 rings (SSSR count). The fourth-order valence-electron chi connectivity index (χ4n) is 2.40. The first-order chi connectivity index (χ1) is 9.83. The lowest BCUT2D eigenvalue weighted by Crippen LogP contribution is -2.44. The van der Waals surface area contributed by atoms with Crippen LogP contribution in [0.4, 0.5) is 0 Å². The van der Waals surface area contributed by atoms with Crippen molar-refractivity contribution in [2.45, 2.75) is 6.54 Å². The molecule has 1 heterocycles. The van der Waals surface area contributed by atoms with E-state index in [2.05, 4.69) is 52.4 Å². The second-order valence-electron chi connectivity index (χ2n) is 4.96. The van der Waals surface area contributed by atoms with E-state index in [-0.39, 0.29) is 0 Å². The van der Waals surface area contributed by atoms with Gasteiger partial charge in [-0.2, -0.15) is 0 Å². The lowest BCUT2D eigenvalue weighted by Gasteiger charge is -2.27. The van der Waals surface area contributed by atoms with E-state index in [1.807, 2.05) is 0 Å². The van der Waals surface area contributed by atoms with E-state index in [1.165, 1.54) is 16.3 Å². The summed E-state index contributed by atoms with van der Waals surface area (Å²) in [5, 5.41) is 2.49. The van der Waals surface area contributed by atoms with Crippen molar-refractivity contribution in [3.8, 4) is 0 Å². The van der Waals surface area contributed by atoms with Gasteiger partial charge in [0.15, 0.2) is 5.96 Å². The van der Waals surface area contributed by atoms with Gasteiger partial charge >= 0.3 is 0 Å². The lowest BCUT2D eigenvalue weighted by molar-refractivity contribution is 0.0674. The molecule has 0 spiro atoms. The van der Waals surface area contributed by atoms with Crippen molar-refractivity contribution in [3.05, 3.63) is 48.0 Å². The molecule has 0 atom stereocenters. The largest absolute Gasteiger partial charge is 0.378 e. The first-order valence-electron chi connectivity index (χ1n) is 6.93. The smallest absolute Gasteiger partial charge is 0.191 e. The summed E-state index contributed by atoms with van der Waals surface area (Å²) < 4.78 is 5.31. The highest BCUT2D eigenvalue weighted by Gasteiger charge is 2.11. The molecule has 0 unspecified atom stereocenters. The zero-order valence-corrected chi connectivity index (χ0v) is 11.5. The Kier molecular flexibility index (Phi) is 3.83. The Morgan fingerprint density at radius 1 is 1.10 bits per heavy atom. The van der Waals surface area contributed by atoms with Crippen LogP contribution >= 0.6 is 0 Å². The molecule has 0 saturated carbocycles. The Balaban J connectivity index is 1.72. The molecule has 1 aliphatic rings. The number of nitrogens with zero attached hydrogens (tertiary/aromatic N) is 2. The molecule has 20 heavy (non-hydrogen) atoms. The van der Waals surface area contributed by atoms with Crippen LogP contribution in [0, 0.1) is 0 Å². The minimum absolute atomic E-state index is 0.612. The molecule has 0 aliphatic carbocycles. The highest BCUT2D eigenvalue weighted by atomic mass is 16.5. The van der Waals surface area contributed by atoms with Gasteiger partial charge in [-0.15, -0.1) is 0 Å². The van der Waals surface area contributed by atoms with Crippen molar-refractivity contribution in [2.75, 3.05) is 26.3 Å². The van der Waals surface area contributed by atoms with Crippen molar-refractivity contribution >= 4 is 16.7 Å². The second kappa shape index (κ2) is 5.92. The van der Waals surface area contributed by atoms with Crippen LogP contribution in [-0.2, 0) is 11.3 Å². The average molecular weight is 269 g/mol. The number of morpholine rings is 1. The van der Waals surface area contributed by atoms with Gasteiger partial charge in [-0.05, 0) is 22.4 Å². The number of rotatable bonds is 2. The van der Waals surface area contributed by atoms with E-state index in [4.69, 9.17) is 10.5 Å². The number of benzene rings is 2. The molecule has 1 saturated heterocycles. The molecule has 0 radical (unpaired) electrons. The van der Waals surface area contributed by atoms with Gasteiger partial charge in [-0.1, -0.05) is 36.4 Å². The highest BCUT2D eigenvalue weighted by molar-refractivity contribution is 5.83. The summed E-state index contributed by atoms with van der Waals surface area (Å²) in [5.74, 6) is 0.612. The molecular formula is C16H19N3O. The molecule has 2 N–H and O–H groups in total. The van der Waals surface area contributed by atoms with Crippen LogP contribution in [0.1, 0.15) is 5.56 Å². The number of hydrogen-bond donors (Lipinski definition) is 1. The lowest BCUT2D eigenvalue weighted by atomic mass is 10.1. The van der Waals surface area contributed by atoms with Crippen molar-refractivity contribution in [1.82, 2.24) is 4.90 Å². The summed E-state index contributed by atoms with van der Waals surface area (Å²) in [6, 6.07) is 14.8. The maximum absolute atomic E-state index is 6.03. The molecule has 0 bridgehead atoms. The highest BCUT2D eigenvalue weighted by Crippen LogP contribution is 2.16. The number of nitrogens with two attached hydrogens (primary N) is 1. The van der Waals surface area contributed by atoms with Crippen molar-refractivity contribution in [2.24, 2.45) is 10.7 Å². The predicted molar refractivity (Wildman–Crippen MR) is 81.7 cm³/mol. The summed E-state index contributed by atoms with van der Waals surface area (Å²) in [7, 11) is 0. The minimum atomic E-state index is 0.612. The Morgan fingerprint density at radius 3 is 2.65 bits per heavy atom. The van der Waals surface area contributed by atoms with Crippen LogP contribution < -0.4 is 5.73 Å². The molecule has 1 aliphatic heterocycles. The molecule has 0 amide bonds. The zero-order valence-electron chi connectivity index (χ0n) is 11.5. The van der Waals surface area contributed by atoms with E-state index >= 15 is 0 Å². The quantitative estimate of drug-likeness (QED) is 0.670. The van der Waals surface area contributed by atoms with Crippen LogP contribution in [0.15, 0.2) is 47.5 Å². The van der Waals surface area contributed by atoms with Gasteiger partial charge in [-0.3, -0.25) is 0 Å². The third-order valence-corrected chi connectivity index (χ3v) is 3.57. The summed E-state index contributed by atoms with van der Waals surface area (Å²) in [6.45, 7) is 3.73. The summed E-state index contributed by atoms with van der Waals surface area (Å²) in [5.41, 5.74) is 7.21. The number of guanidine groups is 1. The van der Waals surface area contributed by atoms with E-state index in [0.717, 1.165) is 26.3 Å². The normalized spacial score (nSPS) is 16.6. The van der Waals surface area contributed by atoms with Crippen molar-refractivity contribution in [1.29, 1.82) is 0 Å². The van der Waals surface area contributed by atoms with E-state index in [0.29, 0.717) is 12.5 Å². The van der Waals surface area contributed by atoms with Crippen LogP contribution in [-0.4, -0.2) is 37.2 Å². The first kappa shape index (κ1) is 12.9. The van der Waals surface area contributed by atoms with E-state index in [1.54, 1.807) is 0 Å². The number of fused-ring (bicyclic) bond motifs is 1. The number of hydrogen-bond acceptors (Lipinski definition) is 2. The van der Waals surface area contributed by atoms with Crippen molar-refractivity contribution < 1.29 is 4.74 Å². The third-order valence-electron chi connectivity index (χ3n) is 3.57. The van der Waals surface area contributed by atoms with Gasteiger partial charge in [0, 0.05) is 13.1 Å². The van der Waals surface area contributed by atoms with Gasteiger partial charge in [0.2, 0.25) is 0 Å². The Hall–Kier alpha value is -2.07. The minimum Gasteiger partial charge on any atom is -0.378 e. The molecular weight excluding hydrogens is 250 g/mol. The van der Waals surface area contributed by atoms with E-state index in [9.17, 15) is 0 Å². The fourth-order valence-corrected chi connectivity index (χ4v) is 2.40. The Labute approximate surface area is 118 Å². The summed E-state index contributed by atoms with van der Waals surface area (Å²) in [6.07, 6.45) is 0. The second-order valence-corrected chi connectivity index (χ2v) is 4.96. The maximum Gasteiger partial charge on any atom is 0.191 e. The SMILES string of the molecule is NC(=NCc1ccc2ccccc2c1)N1CCOCC1. The Morgan fingerprint density at radius 2 is 1.85 bits per heavy atom. The topological polar surface area (TPSA) is 50.8 Å². The average Bonchev–Trinajstić information content (AvgIpc) is 2.53. The molecule has 2 aromatic carbocycles. The Bertz CT molecular complexity index is 618. The van der Waals surface area contributed by atoms with Gasteiger partial charge < -0.3 is 15.4 Å². The maximum atomic E-state index is 6.03. The van der Waals surface area contributed by atoms with Crippen LogP contribution in [0.3, 0.4) is 0 Å². The van der Waals surface area contributed by atoms with Gasteiger partial charge in [0.1, 0.15) is 0 Å². The van der Waals surface area contributed by atoms with Gasteiger partial charge in [-0.25, -0.2) is 4.99 Å². The molecule has 4 nitrogen and oxygen atoms in total. The molecule has 2 aromatic rings. The van der Waals surface area contributed by atoms with Crippen molar-refractivity contribution in [3.63, 3.8) is 0 Å². The molecule has 1 fully saturated rings. The van der Waals surface area contributed by atoms with Gasteiger partial charge in [0.25, 0.3) is 0 Å². The standard InChI is InChI=1S/C16H19N3O/c17-16(19-7-9-20-10-8-19)18-12-13-5-6-14-3-1-2-4-15(14)11-13/h1-6,11H,7-10,12H2,(H2,17,18). The summed E-state index contributed by atoms with van der Waals surface area (Å²) >= 11 is 0. The van der Waals surface area contributed by atoms with Crippen LogP contribution in [0.5, 0.6) is 0 Å². The molecule has 0 aromatic heterocycles. The predicted octanol–water partition coefficient (Wildman–Crippen LogP) is 1.99. The summed E-state index contributed by atoms with van der Waals surface area (Å²) in [4.78, 5) is 6.56. The van der Waals surface area contributed by atoms with Gasteiger partial charge in [0.05, 0.1) is 19.8 Å². The monoisotopic (exact) mass is 269 g/mol. The first-order valence-corrected chi connectivity index (χ1v) is 6.93. The third kappa shape index (κ3) is 2.91. The fraction of sp³-hybridized carbons (Fsp3) is 0.312. The number of ether oxygens (including phenoxy) is 1. The number of aliphatic imine (C=N–C) groups is 1. The zero-order chi connectivity index (χ0) is 13.8.